The second kappa shape index (κ2) is 9.30. The van der Waals surface area contributed by atoms with E-state index in [1.165, 1.54) is 12.1 Å². The maximum atomic E-state index is 13.5. The molecular weight excluding hydrogens is 445 g/mol. The van der Waals surface area contributed by atoms with Gasteiger partial charge >= 0.3 is 6.18 Å². The van der Waals surface area contributed by atoms with E-state index >= 15 is 0 Å². The lowest BCUT2D eigenvalue weighted by Gasteiger charge is -2.38. The predicted octanol–water partition coefficient (Wildman–Crippen LogP) is 5.64. The highest BCUT2D eigenvalue weighted by Gasteiger charge is 2.60. The third-order valence-corrected chi connectivity index (χ3v) is 7.19. The molecule has 0 spiro atoms. The molecule has 180 valence electrons. The minimum absolute atomic E-state index is 0.0183. The molecular formula is C26H27F3N2O3. The highest BCUT2D eigenvalue weighted by atomic mass is 19.4. The number of carbonyl (C=O) groups excluding carboxylic acids is 1. The van der Waals surface area contributed by atoms with Gasteiger partial charge in [0, 0.05) is 11.6 Å². The standard InChI is InChI=1S/C26H27F3N2O3/c1-34-20-11-8-16(9-12-20)21-14-23(21)25(33,18-5-3-2-4-6-18)24(32)31-19-10-7-17(15-30)22(13-19)26(27,28)29/h7-13,18,21,23,33H,2-6,14H2,1H3,(H,31,32). The average molecular weight is 473 g/mol. The first-order valence-corrected chi connectivity index (χ1v) is 11.5. The van der Waals surface area contributed by atoms with Gasteiger partial charge in [-0.1, -0.05) is 31.4 Å². The van der Waals surface area contributed by atoms with E-state index in [-0.39, 0.29) is 23.4 Å². The maximum Gasteiger partial charge on any atom is 0.417 e. The van der Waals surface area contributed by atoms with Crippen molar-refractivity contribution in [2.75, 3.05) is 12.4 Å². The van der Waals surface area contributed by atoms with E-state index in [1.54, 1.807) is 7.11 Å². The van der Waals surface area contributed by atoms with Gasteiger partial charge in [0.1, 0.15) is 11.4 Å². The van der Waals surface area contributed by atoms with Crippen LogP contribution in [0, 0.1) is 23.2 Å². The molecule has 0 aromatic heterocycles. The second-order valence-electron chi connectivity index (χ2n) is 9.21. The molecule has 0 saturated heterocycles. The minimum Gasteiger partial charge on any atom is -0.497 e. The first-order chi connectivity index (χ1) is 16.2. The van der Waals surface area contributed by atoms with Gasteiger partial charge in [-0.25, -0.2) is 0 Å². The van der Waals surface area contributed by atoms with Crippen molar-refractivity contribution in [2.24, 2.45) is 11.8 Å². The number of amides is 1. The number of nitrogens with zero attached hydrogens (tertiary/aromatic N) is 1. The van der Waals surface area contributed by atoms with E-state index in [9.17, 15) is 23.1 Å². The van der Waals surface area contributed by atoms with Crippen molar-refractivity contribution in [1.82, 2.24) is 0 Å². The van der Waals surface area contributed by atoms with Crippen LogP contribution in [0.2, 0.25) is 0 Å². The maximum absolute atomic E-state index is 13.5. The van der Waals surface area contributed by atoms with E-state index in [4.69, 9.17) is 10.00 Å². The number of carbonyl (C=O) groups is 1. The molecule has 0 bridgehead atoms. The van der Waals surface area contributed by atoms with Crippen LogP contribution in [-0.4, -0.2) is 23.7 Å². The normalized spacial score (nSPS) is 22.4. The van der Waals surface area contributed by atoms with Crippen molar-refractivity contribution >= 4 is 11.6 Å². The van der Waals surface area contributed by atoms with Crippen molar-refractivity contribution < 1.29 is 27.8 Å². The topological polar surface area (TPSA) is 82.3 Å². The van der Waals surface area contributed by atoms with Crippen LogP contribution in [0.4, 0.5) is 18.9 Å². The zero-order chi connectivity index (χ0) is 24.5. The summed E-state index contributed by atoms with van der Waals surface area (Å²) in [5.74, 6) is -0.588. The second-order valence-corrected chi connectivity index (χ2v) is 9.21. The summed E-state index contributed by atoms with van der Waals surface area (Å²) in [5.41, 5.74) is -2.43. The number of nitriles is 1. The van der Waals surface area contributed by atoms with Gasteiger partial charge in [-0.2, -0.15) is 18.4 Å². The van der Waals surface area contributed by atoms with Crippen molar-refractivity contribution in [3.8, 4) is 11.8 Å². The minimum atomic E-state index is -4.73. The van der Waals surface area contributed by atoms with Crippen LogP contribution >= 0.6 is 0 Å². The Morgan fingerprint density at radius 2 is 1.79 bits per heavy atom. The molecule has 4 rings (SSSR count). The molecule has 0 radical (unpaired) electrons. The number of alkyl halides is 3. The SMILES string of the molecule is COc1ccc(C2CC2C(O)(C(=O)Nc2ccc(C#N)c(C(F)(F)F)c2)C2CCCCC2)cc1. The first-order valence-electron chi connectivity index (χ1n) is 11.5. The van der Waals surface area contributed by atoms with Crippen molar-refractivity contribution in [1.29, 1.82) is 5.26 Å². The summed E-state index contributed by atoms with van der Waals surface area (Å²) in [7, 11) is 1.58. The van der Waals surface area contributed by atoms with Crippen molar-refractivity contribution in [3.63, 3.8) is 0 Å². The molecule has 0 aliphatic heterocycles. The third-order valence-electron chi connectivity index (χ3n) is 7.19. The quantitative estimate of drug-likeness (QED) is 0.570. The van der Waals surface area contributed by atoms with Gasteiger partial charge < -0.3 is 15.2 Å². The predicted molar refractivity (Wildman–Crippen MR) is 120 cm³/mol. The lowest BCUT2D eigenvalue weighted by molar-refractivity contribution is -0.145. The van der Waals surface area contributed by atoms with Gasteiger partial charge in [-0.05, 0) is 67.0 Å². The van der Waals surface area contributed by atoms with E-state index in [2.05, 4.69) is 5.32 Å². The Hall–Kier alpha value is -3.05. The molecule has 0 heterocycles. The number of methoxy groups -OCH3 is 1. The molecule has 2 aliphatic rings. The molecule has 5 nitrogen and oxygen atoms in total. The molecule has 2 fully saturated rings. The number of anilines is 1. The molecule has 1 amide bonds. The zero-order valence-electron chi connectivity index (χ0n) is 18.9. The van der Waals surface area contributed by atoms with E-state index in [0.717, 1.165) is 37.0 Å². The summed E-state index contributed by atoms with van der Waals surface area (Å²) < 4.78 is 45.4. The van der Waals surface area contributed by atoms with E-state index in [0.29, 0.717) is 25.0 Å². The van der Waals surface area contributed by atoms with Gasteiger partial charge in [0.05, 0.1) is 24.3 Å². The van der Waals surface area contributed by atoms with Crippen LogP contribution in [0.25, 0.3) is 0 Å². The Morgan fingerprint density at radius 1 is 1.12 bits per heavy atom. The third kappa shape index (κ3) is 4.62. The molecule has 3 atom stereocenters. The summed E-state index contributed by atoms with van der Waals surface area (Å²) in [5, 5.41) is 23.4. The molecule has 2 aliphatic carbocycles. The average Bonchev–Trinajstić information content (AvgIpc) is 3.65. The number of aliphatic hydroxyl groups is 1. The van der Waals surface area contributed by atoms with Gasteiger partial charge in [0.15, 0.2) is 0 Å². The summed E-state index contributed by atoms with van der Waals surface area (Å²) in [6.07, 6.45) is 0.0963. The van der Waals surface area contributed by atoms with Gasteiger partial charge in [0.25, 0.3) is 5.91 Å². The van der Waals surface area contributed by atoms with Gasteiger partial charge in [0.2, 0.25) is 0 Å². The number of benzene rings is 2. The summed E-state index contributed by atoms with van der Waals surface area (Å²) in [6.45, 7) is 0. The largest absolute Gasteiger partial charge is 0.497 e. The van der Waals surface area contributed by atoms with Crippen LogP contribution in [0.1, 0.15) is 61.1 Å². The molecule has 8 heteroatoms. The molecule has 2 aromatic carbocycles. The van der Waals surface area contributed by atoms with E-state index < -0.39 is 28.8 Å². The van der Waals surface area contributed by atoms with Crippen LogP contribution in [0.3, 0.4) is 0 Å². The highest BCUT2D eigenvalue weighted by Crippen LogP contribution is 2.57. The fourth-order valence-corrected chi connectivity index (χ4v) is 5.29. The number of ether oxygens (including phenoxy) is 1. The molecule has 2 aromatic rings. The van der Waals surface area contributed by atoms with Crippen molar-refractivity contribution in [2.45, 2.75) is 56.2 Å². The fraction of sp³-hybridized carbons (Fsp3) is 0.462. The lowest BCUT2D eigenvalue weighted by atomic mass is 9.73. The molecule has 2 N–H and O–H groups in total. The Labute approximate surface area is 196 Å². The Balaban J connectivity index is 1.61. The highest BCUT2D eigenvalue weighted by molar-refractivity contribution is 5.98. The number of hydrogen-bond acceptors (Lipinski definition) is 4. The monoisotopic (exact) mass is 472 g/mol. The van der Waals surface area contributed by atoms with Gasteiger partial charge in [-0.15, -0.1) is 0 Å². The van der Waals surface area contributed by atoms with Crippen LogP contribution in [0.5, 0.6) is 5.75 Å². The molecule has 34 heavy (non-hydrogen) atoms. The number of nitrogens with one attached hydrogen (secondary N) is 1. The summed E-state index contributed by atoms with van der Waals surface area (Å²) in [6, 6.07) is 12.1. The van der Waals surface area contributed by atoms with E-state index in [1.807, 2.05) is 24.3 Å². The number of halogens is 3. The van der Waals surface area contributed by atoms with Crippen LogP contribution < -0.4 is 10.1 Å². The van der Waals surface area contributed by atoms with Crippen molar-refractivity contribution in [3.05, 3.63) is 59.2 Å². The first kappa shape index (κ1) is 24.1. The number of hydrogen-bond donors (Lipinski definition) is 2. The molecule has 3 unspecified atom stereocenters. The smallest absolute Gasteiger partial charge is 0.417 e. The Bertz CT molecular complexity index is 1090. The number of rotatable bonds is 6. The van der Waals surface area contributed by atoms with Crippen LogP contribution in [0.15, 0.2) is 42.5 Å². The molecule has 2 saturated carbocycles. The fourth-order valence-electron chi connectivity index (χ4n) is 5.29. The van der Waals surface area contributed by atoms with Crippen LogP contribution in [-0.2, 0) is 11.0 Å². The Morgan fingerprint density at radius 3 is 2.38 bits per heavy atom. The lowest BCUT2D eigenvalue weighted by Crippen LogP contribution is -2.52. The van der Waals surface area contributed by atoms with Gasteiger partial charge in [-0.3, -0.25) is 4.79 Å². The summed E-state index contributed by atoms with van der Waals surface area (Å²) >= 11 is 0. The Kier molecular flexibility index (Phi) is 6.59. The summed E-state index contributed by atoms with van der Waals surface area (Å²) in [4.78, 5) is 13.5. The zero-order valence-corrected chi connectivity index (χ0v) is 18.9.